The number of anilines is 1. The zero-order valence-corrected chi connectivity index (χ0v) is 9.94. The highest BCUT2D eigenvalue weighted by molar-refractivity contribution is 5.89. The van der Waals surface area contributed by atoms with Gasteiger partial charge in [0.2, 0.25) is 0 Å². The van der Waals surface area contributed by atoms with E-state index in [9.17, 15) is 9.90 Å². The van der Waals surface area contributed by atoms with E-state index in [2.05, 4.69) is 10.6 Å². The van der Waals surface area contributed by atoms with E-state index in [0.29, 0.717) is 12.5 Å². The van der Waals surface area contributed by atoms with Gasteiger partial charge >= 0.3 is 6.03 Å². The van der Waals surface area contributed by atoms with Crippen LogP contribution in [0, 0.1) is 12.8 Å². The van der Waals surface area contributed by atoms with Gasteiger partial charge in [-0.05, 0) is 43.4 Å². The van der Waals surface area contributed by atoms with Crippen LogP contribution in [0.25, 0.3) is 0 Å². The molecule has 17 heavy (non-hydrogen) atoms. The van der Waals surface area contributed by atoms with Gasteiger partial charge in [0.25, 0.3) is 0 Å². The minimum absolute atomic E-state index is 0.268. The molecule has 1 unspecified atom stereocenters. The van der Waals surface area contributed by atoms with Crippen molar-refractivity contribution < 1.29 is 9.90 Å². The molecular weight excluding hydrogens is 216 g/mol. The molecule has 92 valence electrons. The van der Waals surface area contributed by atoms with Gasteiger partial charge in [-0.1, -0.05) is 12.1 Å². The second-order valence-electron chi connectivity index (χ2n) is 4.61. The molecule has 2 amide bonds. The highest BCUT2D eigenvalue weighted by Gasteiger charge is 2.29. The monoisotopic (exact) mass is 234 g/mol. The van der Waals surface area contributed by atoms with Gasteiger partial charge in [-0.25, -0.2) is 4.79 Å². The summed E-state index contributed by atoms with van der Waals surface area (Å²) in [4.78, 5) is 11.5. The molecule has 1 aliphatic carbocycles. The summed E-state index contributed by atoms with van der Waals surface area (Å²) in [6.07, 6.45) is 1.74. The third-order valence-electron chi connectivity index (χ3n) is 2.91. The molecule has 1 atom stereocenters. The number of carbonyl (C=O) groups excluding carboxylic acids is 1. The Kier molecular flexibility index (Phi) is 3.64. The Morgan fingerprint density at radius 2 is 2.29 bits per heavy atom. The van der Waals surface area contributed by atoms with Crippen molar-refractivity contribution >= 4 is 11.7 Å². The summed E-state index contributed by atoms with van der Waals surface area (Å²) in [5, 5.41) is 15.0. The second kappa shape index (κ2) is 5.19. The number of urea groups is 1. The summed E-state index contributed by atoms with van der Waals surface area (Å²) in [5.74, 6) is 0.384. The molecule has 1 aliphatic rings. The van der Waals surface area contributed by atoms with Gasteiger partial charge in [-0.3, -0.25) is 0 Å². The van der Waals surface area contributed by atoms with Crippen LogP contribution in [0.15, 0.2) is 24.3 Å². The number of amides is 2. The van der Waals surface area contributed by atoms with Crippen molar-refractivity contribution in [2.75, 3.05) is 11.9 Å². The Hall–Kier alpha value is -1.55. The molecule has 0 saturated heterocycles. The van der Waals surface area contributed by atoms with Crippen molar-refractivity contribution in [2.45, 2.75) is 25.9 Å². The van der Waals surface area contributed by atoms with Crippen molar-refractivity contribution in [1.82, 2.24) is 5.32 Å². The fourth-order valence-electron chi connectivity index (χ4n) is 1.74. The van der Waals surface area contributed by atoms with E-state index in [1.807, 2.05) is 31.2 Å². The fraction of sp³-hybridized carbons (Fsp3) is 0.462. The van der Waals surface area contributed by atoms with Crippen LogP contribution >= 0.6 is 0 Å². The van der Waals surface area contributed by atoms with E-state index < -0.39 is 6.10 Å². The average Bonchev–Trinajstić information content (AvgIpc) is 3.09. The van der Waals surface area contributed by atoms with E-state index in [1.54, 1.807) is 0 Å². The summed E-state index contributed by atoms with van der Waals surface area (Å²) in [7, 11) is 0. The number of benzene rings is 1. The molecule has 3 N–H and O–H groups in total. The first-order valence-corrected chi connectivity index (χ1v) is 5.95. The van der Waals surface area contributed by atoms with Crippen LogP contribution in [0.3, 0.4) is 0 Å². The zero-order chi connectivity index (χ0) is 12.3. The third kappa shape index (κ3) is 3.75. The normalized spacial score (nSPS) is 16.4. The maximum atomic E-state index is 11.5. The number of nitrogens with one attached hydrogen (secondary N) is 2. The third-order valence-corrected chi connectivity index (χ3v) is 2.91. The first kappa shape index (κ1) is 11.9. The summed E-state index contributed by atoms with van der Waals surface area (Å²) in [6.45, 7) is 2.29. The van der Waals surface area contributed by atoms with E-state index in [1.165, 1.54) is 0 Å². The topological polar surface area (TPSA) is 61.4 Å². The lowest BCUT2D eigenvalue weighted by atomic mass is 10.2. The number of aryl methyl sites for hydroxylation is 1. The summed E-state index contributed by atoms with van der Waals surface area (Å²) < 4.78 is 0. The van der Waals surface area contributed by atoms with Gasteiger partial charge in [0.05, 0.1) is 6.10 Å². The minimum atomic E-state index is -0.404. The molecule has 1 fully saturated rings. The number of hydrogen-bond acceptors (Lipinski definition) is 2. The van der Waals surface area contributed by atoms with Gasteiger partial charge < -0.3 is 15.7 Å². The molecule has 2 rings (SSSR count). The lowest BCUT2D eigenvalue weighted by Crippen LogP contribution is -2.36. The highest BCUT2D eigenvalue weighted by atomic mass is 16.3. The number of carbonyl (C=O) groups is 1. The lowest BCUT2D eigenvalue weighted by Gasteiger charge is -2.11. The van der Waals surface area contributed by atoms with Crippen molar-refractivity contribution in [1.29, 1.82) is 0 Å². The number of rotatable bonds is 4. The fourth-order valence-corrected chi connectivity index (χ4v) is 1.74. The largest absolute Gasteiger partial charge is 0.391 e. The van der Waals surface area contributed by atoms with Crippen LogP contribution in [-0.4, -0.2) is 23.8 Å². The minimum Gasteiger partial charge on any atom is -0.391 e. The highest BCUT2D eigenvalue weighted by Crippen LogP contribution is 2.32. The van der Waals surface area contributed by atoms with Crippen LogP contribution < -0.4 is 10.6 Å². The first-order chi connectivity index (χ1) is 8.15. The van der Waals surface area contributed by atoms with Crippen LogP contribution in [0.4, 0.5) is 10.5 Å². The molecule has 0 bridgehead atoms. The van der Waals surface area contributed by atoms with Gasteiger partial charge in [0.1, 0.15) is 0 Å². The van der Waals surface area contributed by atoms with E-state index in [-0.39, 0.29) is 6.03 Å². The van der Waals surface area contributed by atoms with E-state index in [4.69, 9.17) is 0 Å². The molecule has 0 radical (unpaired) electrons. The maximum absolute atomic E-state index is 11.5. The van der Waals surface area contributed by atoms with Crippen LogP contribution in [0.1, 0.15) is 18.4 Å². The van der Waals surface area contributed by atoms with Crippen molar-refractivity contribution in [3.63, 3.8) is 0 Å². The molecule has 4 heteroatoms. The lowest BCUT2D eigenvalue weighted by molar-refractivity contribution is 0.150. The Labute approximate surface area is 101 Å². The van der Waals surface area contributed by atoms with Crippen molar-refractivity contribution in [3.8, 4) is 0 Å². The van der Waals surface area contributed by atoms with Crippen LogP contribution in [0.2, 0.25) is 0 Å². The quantitative estimate of drug-likeness (QED) is 0.745. The van der Waals surface area contributed by atoms with Gasteiger partial charge in [-0.2, -0.15) is 0 Å². The molecule has 1 aromatic rings. The predicted octanol–water partition coefficient (Wildman–Crippen LogP) is 1.89. The predicted molar refractivity (Wildman–Crippen MR) is 66.9 cm³/mol. The number of hydrogen-bond donors (Lipinski definition) is 3. The smallest absolute Gasteiger partial charge is 0.319 e. The van der Waals surface area contributed by atoms with Crippen molar-refractivity contribution in [2.24, 2.45) is 5.92 Å². The second-order valence-corrected chi connectivity index (χ2v) is 4.61. The molecule has 4 nitrogen and oxygen atoms in total. The maximum Gasteiger partial charge on any atom is 0.319 e. The Balaban J connectivity index is 1.76. The molecule has 0 aliphatic heterocycles. The van der Waals surface area contributed by atoms with Crippen molar-refractivity contribution in [3.05, 3.63) is 29.8 Å². The molecule has 0 aromatic heterocycles. The molecular formula is C13H18N2O2. The standard InChI is InChI=1S/C13H18N2O2/c1-9-3-2-4-11(7-9)15-13(17)14-8-12(16)10-5-6-10/h2-4,7,10,12,16H,5-6,8H2,1H3,(H2,14,15,17). The first-order valence-electron chi connectivity index (χ1n) is 5.95. The summed E-state index contributed by atoms with van der Waals surface area (Å²) in [6, 6.07) is 7.33. The average molecular weight is 234 g/mol. The zero-order valence-electron chi connectivity index (χ0n) is 9.94. The summed E-state index contributed by atoms with van der Waals surface area (Å²) in [5.41, 5.74) is 1.87. The van der Waals surface area contributed by atoms with Gasteiger partial charge in [-0.15, -0.1) is 0 Å². The van der Waals surface area contributed by atoms with Crippen LogP contribution in [-0.2, 0) is 0 Å². The Morgan fingerprint density at radius 3 is 2.94 bits per heavy atom. The SMILES string of the molecule is Cc1cccc(NC(=O)NCC(O)C2CC2)c1. The number of aliphatic hydroxyl groups excluding tert-OH is 1. The number of aliphatic hydroxyl groups is 1. The molecule has 0 heterocycles. The Morgan fingerprint density at radius 1 is 1.53 bits per heavy atom. The summed E-state index contributed by atoms with van der Waals surface area (Å²) >= 11 is 0. The molecule has 1 aromatic carbocycles. The van der Waals surface area contributed by atoms with Crippen LogP contribution in [0.5, 0.6) is 0 Å². The van der Waals surface area contributed by atoms with Gasteiger partial charge in [0, 0.05) is 12.2 Å². The molecule has 1 saturated carbocycles. The van der Waals surface area contributed by atoms with Gasteiger partial charge in [0.15, 0.2) is 0 Å². The van der Waals surface area contributed by atoms with E-state index in [0.717, 1.165) is 24.1 Å². The molecule has 0 spiro atoms. The Bertz CT molecular complexity index is 402. The van der Waals surface area contributed by atoms with E-state index >= 15 is 0 Å².